The Labute approximate surface area is 199 Å². The maximum Gasteiger partial charge on any atom is 0.405 e. The Kier molecular flexibility index (Phi) is 7.41. The van der Waals surface area contributed by atoms with Crippen LogP contribution in [0.5, 0.6) is 5.75 Å². The number of fused-ring (bicyclic) bond motifs is 1. The largest absolute Gasteiger partial charge is 0.464 e. The van der Waals surface area contributed by atoms with E-state index in [2.05, 4.69) is 15.0 Å². The summed E-state index contributed by atoms with van der Waals surface area (Å²) in [5.41, 5.74) is 6.32. The molecule has 14 heteroatoms. The summed E-state index contributed by atoms with van der Waals surface area (Å²) in [5.74, 6) is -1.05. The number of imidazole rings is 1. The number of benzene rings is 1. The van der Waals surface area contributed by atoms with Gasteiger partial charge in [0.25, 0.3) is 0 Å². The van der Waals surface area contributed by atoms with Gasteiger partial charge in [-0.15, -0.1) is 0 Å². The van der Waals surface area contributed by atoms with E-state index in [4.69, 9.17) is 29.0 Å². The molecule has 1 aromatic carbocycles. The number of ether oxygens (including phenoxy) is 3. The average Bonchev–Trinajstić information content (AvgIpc) is 3.42. The number of aromatic nitrogens is 4. The molecule has 12 nitrogen and oxygen atoms in total. The highest BCUT2D eigenvalue weighted by Crippen LogP contribution is 2.50. The van der Waals surface area contributed by atoms with E-state index in [9.17, 15) is 13.8 Å². The van der Waals surface area contributed by atoms with Crippen LogP contribution in [0.15, 0.2) is 54.9 Å². The minimum Gasteiger partial charge on any atom is -0.464 e. The van der Waals surface area contributed by atoms with Gasteiger partial charge in [-0.25, -0.2) is 28.7 Å². The standard InChI is InChI=1S/C21H23FN5O7P/c1-3-30-21(28)13(2)33-35(29,34-14-7-5-4-6-8-14)12-31-16-9-15(22)20(32-16)27-11-26-17-18(23)24-10-25-19(17)27/h4-11,13,16,20H,3,12H2,1-2H3,(H2,23,24,25)/t13?,16-,20+,35?/m0/s1. The maximum atomic E-state index is 14.7. The molecule has 0 bridgehead atoms. The van der Waals surface area contributed by atoms with Crippen molar-refractivity contribution in [2.45, 2.75) is 32.5 Å². The SMILES string of the molecule is CCOC(=O)C(C)OP(=O)(CO[C@@H]1C=C(F)[C@H](n2cnc3c(N)ncnc32)O1)Oc1ccccc1. The summed E-state index contributed by atoms with van der Waals surface area (Å²) < 4.78 is 56.5. The molecule has 2 N–H and O–H groups in total. The molecule has 0 saturated heterocycles. The van der Waals surface area contributed by atoms with Crippen LogP contribution >= 0.6 is 7.60 Å². The predicted octanol–water partition coefficient (Wildman–Crippen LogP) is 3.33. The Morgan fingerprint density at radius 1 is 1.29 bits per heavy atom. The third kappa shape index (κ3) is 5.65. The van der Waals surface area contributed by atoms with Crippen LogP contribution in [0.1, 0.15) is 20.1 Å². The lowest BCUT2D eigenvalue weighted by molar-refractivity contribution is -0.151. The van der Waals surface area contributed by atoms with Crippen molar-refractivity contribution in [2.24, 2.45) is 0 Å². The van der Waals surface area contributed by atoms with E-state index in [1.807, 2.05) is 0 Å². The topological polar surface area (TPSA) is 150 Å². The van der Waals surface area contributed by atoms with Gasteiger partial charge in [0.15, 0.2) is 42.3 Å². The molecular weight excluding hydrogens is 484 g/mol. The zero-order chi connectivity index (χ0) is 25.0. The second-order valence-electron chi connectivity index (χ2n) is 7.30. The van der Waals surface area contributed by atoms with Gasteiger partial charge in [-0.05, 0) is 26.0 Å². The van der Waals surface area contributed by atoms with Crippen molar-refractivity contribution in [3.63, 3.8) is 0 Å². The van der Waals surface area contributed by atoms with Gasteiger partial charge in [-0.1, -0.05) is 18.2 Å². The number of carbonyl (C=O) groups is 1. The molecule has 3 heterocycles. The first-order valence-corrected chi connectivity index (χ1v) is 12.3. The summed E-state index contributed by atoms with van der Waals surface area (Å²) in [6.45, 7) is 3.12. The molecule has 0 fully saturated rings. The van der Waals surface area contributed by atoms with E-state index >= 15 is 0 Å². The number of nitrogens with two attached hydrogens (primary N) is 1. The summed E-state index contributed by atoms with van der Waals surface area (Å²) in [7, 11) is -4.08. The van der Waals surface area contributed by atoms with Crippen molar-refractivity contribution >= 4 is 30.5 Å². The van der Waals surface area contributed by atoms with E-state index in [-0.39, 0.29) is 29.3 Å². The quantitative estimate of drug-likeness (QED) is 0.318. The van der Waals surface area contributed by atoms with Crippen LogP contribution in [0.4, 0.5) is 10.2 Å². The number of carbonyl (C=O) groups excluding carboxylic acids is 1. The van der Waals surface area contributed by atoms with Gasteiger partial charge in [0, 0.05) is 6.08 Å². The van der Waals surface area contributed by atoms with E-state index in [1.165, 1.54) is 24.1 Å². The van der Waals surface area contributed by atoms with Gasteiger partial charge < -0.3 is 24.5 Å². The van der Waals surface area contributed by atoms with Crippen molar-refractivity contribution in [1.82, 2.24) is 19.5 Å². The van der Waals surface area contributed by atoms with Crippen molar-refractivity contribution in [3.8, 4) is 5.75 Å². The molecule has 4 atom stereocenters. The van der Waals surface area contributed by atoms with E-state index < -0.39 is 44.4 Å². The lowest BCUT2D eigenvalue weighted by Crippen LogP contribution is -2.25. The van der Waals surface area contributed by atoms with Crippen LogP contribution in [0.25, 0.3) is 11.2 Å². The van der Waals surface area contributed by atoms with Crippen LogP contribution < -0.4 is 10.3 Å². The monoisotopic (exact) mass is 507 g/mol. The number of esters is 1. The highest BCUT2D eigenvalue weighted by atomic mass is 31.2. The third-order valence-electron chi connectivity index (χ3n) is 4.76. The number of hydrogen-bond acceptors (Lipinski definition) is 11. The number of rotatable bonds is 10. The molecule has 2 aromatic heterocycles. The third-order valence-corrected chi connectivity index (χ3v) is 6.35. The summed E-state index contributed by atoms with van der Waals surface area (Å²) in [5, 5.41) is 0. The van der Waals surface area contributed by atoms with Gasteiger partial charge in [-0.3, -0.25) is 9.09 Å². The number of nitrogens with zero attached hydrogens (tertiary/aromatic N) is 4. The van der Waals surface area contributed by atoms with Gasteiger partial charge in [0.2, 0.25) is 0 Å². The first-order valence-electron chi connectivity index (χ1n) is 10.6. The lowest BCUT2D eigenvalue weighted by Gasteiger charge is -2.23. The van der Waals surface area contributed by atoms with E-state index in [1.54, 1.807) is 37.3 Å². The molecule has 0 radical (unpaired) electrons. The zero-order valence-corrected chi connectivity index (χ0v) is 19.7. The van der Waals surface area contributed by atoms with Gasteiger partial charge in [0.05, 0.1) is 12.9 Å². The van der Waals surface area contributed by atoms with Crippen LogP contribution in [0.2, 0.25) is 0 Å². The van der Waals surface area contributed by atoms with Crippen molar-refractivity contribution in [1.29, 1.82) is 0 Å². The first-order chi connectivity index (χ1) is 16.8. The number of hydrogen-bond donors (Lipinski definition) is 1. The summed E-state index contributed by atoms with van der Waals surface area (Å²) in [6, 6.07) is 8.21. The highest BCUT2D eigenvalue weighted by molar-refractivity contribution is 7.54. The van der Waals surface area contributed by atoms with Gasteiger partial charge >= 0.3 is 13.6 Å². The van der Waals surface area contributed by atoms with E-state index in [0.29, 0.717) is 0 Å². The lowest BCUT2D eigenvalue weighted by atomic mass is 10.3. The summed E-state index contributed by atoms with van der Waals surface area (Å²) in [4.78, 5) is 24.0. The molecule has 1 aliphatic rings. The number of para-hydroxylation sites is 1. The zero-order valence-electron chi connectivity index (χ0n) is 18.8. The minimum atomic E-state index is -4.08. The molecule has 2 unspecified atom stereocenters. The molecular formula is C21H23FN5O7P. The Bertz CT molecular complexity index is 1270. The summed E-state index contributed by atoms with van der Waals surface area (Å²) >= 11 is 0. The normalized spacial score (nSPS) is 20.3. The van der Waals surface area contributed by atoms with Crippen LogP contribution in [0, 0.1) is 0 Å². The molecule has 3 aromatic rings. The van der Waals surface area contributed by atoms with Crippen LogP contribution in [-0.4, -0.2) is 50.8 Å². The second kappa shape index (κ2) is 10.5. The first kappa shape index (κ1) is 24.7. The molecule has 4 rings (SSSR count). The molecule has 0 spiro atoms. The van der Waals surface area contributed by atoms with Crippen molar-refractivity contribution in [3.05, 3.63) is 54.9 Å². The molecule has 35 heavy (non-hydrogen) atoms. The molecule has 0 saturated carbocycles. The number of anilines is 1. The van der Waals surface area contributed by atoms with Crippen LogP contribution in [-0.2, 0) is 28.1 Å². The highest BCUT2D eigenvalue weighted by Gasteiger charge is 2.37. The molecule has 0 aliphatic carbocycles. The van der Waals surface area contributed by atoms with Crippen molar-refractivity contribution < 1.29 is 37.0 Å². The summed E-state index contributed by atoms with van der Waals surface area (Å²) in [6.07, 6.45) is -0.752. The Morgan fingerprint density at radius 3 is 2.80 bits per heavy atom. The van der Waals surface area contributed by atoms with Crippen molar-refractivity contribution in [2.75, 3.05) is 18.7 Å². The van der Waals surface area contributed by atoms with Gasteiger partial charge in [0.1, 0.15) is 17.6 Å². The smallest absolute Gasteiger partial charge is 0.405 e. The fraction of sp³-hybridized carbons (Fsp3) is 0.333. The van der Waals surface area contributed by atoms with Gasteiger partial charge in [-0.2, -0.15) is 0 Å². The Hall–Kier alpha value is -3.38. The molecule has 0 amide bonds. The number of halogens is 1. The molecule has 186 valence electrons. The maximum absolute atomic E-state index is 14.7. The number of nitrogen functional groups attached to an aromatic ring is 1. The van der Waals surface area contributed by atoms with E-state index in [0.717, 1.165) is 6.08 Å². The fourth-order valence-electron chi connectivity index (χ4n) is 3.20. The second-order valence-corrected chi connectivity index (χ2v) is 9.18. The Balaban J connectivity index is 1.47. The fourth-order valence-corrected chi connectivity index (χ4v) is 4.70. The molecule has 1 aliphatic heterocycles. The average molecular weight is 507 g/mol. The predicted molar refractivity (Wildman–Crippen MR) is 121 cm³/mol. The minimum absolute atomic E-state index is 0.119. The van der Waals surface area contributed by atoms with Crippen LogP contribution in [0.3, 0.4) is 0 Å². The Morgan fingerprint density at radius 2 is 2.06 bits per heavy atom.